The van der Waals surface area contributed by atoms with E-state index in [1.54, 1.807) is 29.4 Å². The molecular formula is C21H17N3O3. The number of carbonyl (C=O) groups is 2. The van der Waals surface area contributed by atoms with Gasteiger partial charge in [-0.25, -0.2) is 0 Å². The maximum absolute atomic E-state index is 13.0. The maximum atomic E-state index is 13.0. The van der Waals surface area contributed by atoms with E-state index in [2.05, 4.69) is 10.3 Å². The molecule has 0 spiro atoms. The Bertz CT molecular complexity index is 1040. The van der Waals surface area contributed by atoms with Crippen LogP contribution in [0.25, 0.3) is 5.57 Å². The third-order valence-corrected chi connectivity index (χ3v) is 4.30. The van der Waals surface area contributed by atoms with E-state index in [0.29, 0.717) is 17.0 Å². The summed E-state index contributed by atoms with van der Waals surface area (Å²) in [5.74, 6) is 0.853. The molecule has 1 N–H and O–H groups in total. The number of rotatable bonds is 4. The first kappa shape index (κ1) is 16.8. The molecule has 0 unspecified atom stereocenters. The van der Waals surface area contributed by atoms with Gasteiger partial charge in [0.05, 0.1) is 23.5 Å². The third-order valence-electron chi connectivity index (χ3n) is 4.30. The number of amides is 2. The molecular weight excluding hydrogens is 342 g/mol. The van der Waals surface area contributed by atoms with Crippen molar-refractivity contribution in [2.45, 2.75) is 13.5 Å². The standard InChI is InChI=1S/C21H17N3O3/c1-14-6-7-16(27-14)13-23-20(25)12-18-17-4-2-3-5-19(17)24(21(18)26)15-8-10-22-11-9-15/h2-12H,13H2,1H3,(H,23,25). The van der Waals surface area contributed by atoms with Crippen molar-refractivity contribution in [3.63, 3.8) is 0 Å². The van der Waals surface area contributed by atoms with Crippen molar-refractivity contribution in [3.05, 3.63) is 84.1 Å². The van der Waals surface area contributed by atoms with Crippen LogP contribution in [0, 0.1) is 6.92 Å². The number of carbonyl (C=O) groups excluding carboxylic acids is 2. The zero-order valence-corrected chi connectivity index (χ0v) is 14.7. The molecule has 4 rings (SSSR count). The van der Waals surface area contributed by atoms with Crippen molar-refractivity contribution >= 4 is 28.8 Å². The second-order valence-electron chi connectivity index (χ2n) is 6.15. The van der Waals surface area contributed by atoms with Crippen LogP contribution >= 0.6 is 0 Å². The van der Waals surface area contributed by atoms with Crippen molar-refractivity contribution in [2.75, 3.05) is 4.90 Å². The number of aromatic nitrogens is 1. The van der Waals surface area contributed by atoms with Crippen LogP contribution in [0.5, 0.6) is 0 Å². The van der Waals surface area contributed by atoms with Crippen LogP contribution in [0.1, 0.15) is 17.1 Å². The van der Waals surface area contributed by atoms with Gasteiger partial charge >= 0.3 is 0 Å². The molecule has 0 aliphatic carbocycles. The highest BCUT2D eigenvalue weighted by Crippen LogP contribution is 2.40. The minimum atomic E-state index is -0.348. The van der Waals surface area contributed by atoms with Crippen molar-refractivity contribution in [2.24, 2.45) is 0 Å². The van der Waals surface area contributed by atoms with Crippen LogP contribution in [-0.4, -0.2) is 16.8 Å². The minimum Gasteiger partial charge on any atom is -0.465 e. The molecule has 0 radical (unpaired) electrons. The Balaban J connectivity index is 1.61. The zero-order valence-electron chi connectivity index (χ0n) is 14.7. The Labute approximate surface area is 156 Å². The number of para-hydroxylation sites is 1. The molecule has 1 aliphatic heterocycles. The molecule has 3 aromatic rings. The third kappa shape index (κ3) is 3.25. The van der Waals surface area contributed by atoms with E-state index < -0.39 is 0 Å². The van der Waals surface area contributed by atoms with Gasteiger partial charge in [0.15, 0.2) is 0 Å². The van der Waals surface area contributed by atoms with Gasteiger partial charge in [0.2, 0.25) is 5.91 Å². The van der Waals surface area contributed by atoms with Crippen molar-refractivity contribution in [1.82, 2.24) is 10.3 Å². The monoisotopic (exact) mass is 359 g/mol. The minimum absolute atomic E-state index is 0.244. The predicted octanol–water partition coefficient (Wildman–Crippen LogP) is 3.36. The van der Waals surface area contributed by atoms with Crippen LogP contribution in [0.4, 0.5) is 11.4 Å². The highest BCUT2D eigenvalue weighted by atomic mass is 16.3. The molecule has 0 bridgehead atoms. The van der Waals surface area contributed by atoms with Crippen LogP contribution in [0.15, 0.2) is 71.4 Å². The van der Waals surface area contributed by atoms with Crippen molar-refractivity contribution in [3.8, 4) is 0 Å². The molecule has 0 atom stereocenters. The Hall–Kier alpha value is -3.67. The number of aryl methyl sites for hydroxylation is 1. The predicted molar refractivity (Wildman–Crippen MR) is 101 cm³/mol. The number of hydrogen-bond donors (Lipinski definition) is 1. The summed E-state index contributed by atoms with van der Waals surface area (Å²) in [6.07, 6.45) is 4.61. The largest absolute Gasteiger partial charge is 0.465 e. The first-order chi connectivity index (χ1) is 13.1. The molecule has 1 aliphatic rings. The number of nitrogens with one attached hydrogen (secondary N) is 1. The SMILES string of the molecule is Cc1ccc(CNC(=O)C=C2C(=O)N(c3ccncc3)c3ccccc32)o1. The lowest BCUT2D eigenvalue weighted by molar-refractivity contribution is -0.117. The van der Waals surface area contributed by atoms with Gasteiger partial charge in [-0.1, -0.05) is 18.2 Å². The Morgan fingerprint density at radius 3 is 2.67 bits per heavy atom. The molecule has 0 saturated heterocycles. The Kier molecular flexibility index (Phi) is 4.30. The molecule has 0 fully saturated rings. The Morgan fingerprint density at radius 2 is 1.93 bits per heavy atom. The number of nitrogens with zero attached hydrogens (tertiary/aromatic N) is 2. The molecule has 6 nitrogen and oxygen atoms in total. The van der Waals surface area contributed by atoms with Crippen molar-refractivity contribution in [1.29, 1.82) is 0 Å². The second-order valence-corrected chi connectivity index (χ2v) is 6.15. The van der Waals surface area contributed by atoms with E-state index in [4.69, 9.17) is 4.42 Å². The smallest absolute Gasteiger partial charge is 0.263 e. The number of furan rings is 1. The summed E-state index contributed by atoms with van der Waals surface area (Å²) in [5, 5.41) is 2.76. The second kappa shape index (κ2) is 6.92. The topological polar surface area (TPSA) is 75.4 Å². The van der Waals surface area contributed by atoms with Crippen molar-refractivity contribution < 1.29 is 14.0 Å². The fraction of sp³-hybridized carbons (Fsp3) is 0.0952. The van der Waals surface area contributed by atoms with E-state index in [0.717, 1.165) is 17.0 Å². The van der Waals surface area contributed by atoms with Crippen LogP contribution in [-0.2, 0) is 16.1 Å². The van der Waals surface area contributed by atoms with Gasteiger partial charge in [-0.2, -0.15) is 0 Å². The number of hydrogen-bond acceptors (Lipinski definition) is 4. The molecule has 134 valence electrons. The van der Waals surface area contributed by atoms with Crippen LogP contribution < -0.4 is 10.2 Å². The average molecular weight is 359 g/mol. The number of pyridine rings is 1. The fourth-order valence-corrected chi connectivity index (χ4v) is 3.07. The fourth-order valence-electron chi connectivity index (χ4n) is 3.07. The van der Waals surface area contributed by atoms with Gasteiger partial charge in [-0.05, 0) is 37.3 Å². The Morgan fingerprint density at radius 1 is 1.15 bits per heavy atom. The summed E-state index contributed by atoms with van der Waals surface area (Å²) in [6.45, 7) is 2.11. The normalized spacial score (nSPS) is 14.5. The van der Waals surface area contributed by atoms with E-state index in [1.807, 2.05) is 43.3 Å². The lowest BCUT2D eigenvalue weighted by Gasteiger charge is -2.16. The molecule has 2 aromatic heterocycles. The molecule has 1 aromatic carbocycles. The average Bonchev–Trinajstić information content (AvgIpc) is 3.22. The molecule has 3 heterocycles. The van der Waals surface area contributed by atoms with Crippen LogP contribution in [0.3, 0.4) is 0 Å². The molecule has 0 saturated carbocycles. The zero-order chi connectivity index (χ0) is 18.8. The number of fused-ring (bicyclic) bond motifs is 1. The highest BCUT2D eigenvalue weighted by molar-refractivity contribution is 6.37. The van der Waals surface area contributed by atoms with E-state index in [9.17, 15) is 9.59 Å². The highest BCUT2D eigenvalue weighted by Gasteiger charge is 2.33. The first-order valence-electron chi connectivity index (χ1n) is 8.52. The lowest BCUT2D eigenvalue weighted by Crippen LogP contribution is -2.23. The molecule has 27 heavy (non-hydrogen) atoms. The van der Waals surface area contributed by atoms with E-state index in [1.165, 1.54) is 6.08 Å². The van der Waals surface area contributed by atoms with Crippen LogP contribution in [0.2, 0.25) is 0 Å². The van der Waals surface area contributed by atoms with Gasteiger partial charge < -0.3 is 9.73 Å². The van der Waals surface area contributed by atoms with Gasteiger partial charge in [-0.3, -0.25) is 19.5 Å². The molecule has 6 heteroatoms. The van der Waals surface area contributed by atoms with Gasteiger partial charge in [0, 0.05) is 24.0 Å². The summed E-state index contributed by atoms with van der Waals surface area (Å²) >= 11 is 0. The lowest BCUT2D eigenvalue weighted by atomic mass is 10.1. The quantitative estimate of drug-likeness (QED) is 0.725. The van der Waals surface area contributed by atoms with Gasteiger partial charge in [0.25, 0.3) is 5.91 Å². The first-order valence-corrected chi connectivity index (χ1v) is 8.52. The summed E-state index contributed by atoms with van der Waals surface area (Å²) in [5.41, 5.74) is 2.53. The molecule has 2 amide bonds. The summed E-state index contributed by atoms with van der Waals surface area (Å²) in [4.78, 5) is 31.0. The summed E-state index contributed by atoms with van der Waals surface area (Å²) < 4.78 is 5.44. The number of benzene rings is 1. The van der Waals surface area contributed by atoms with E-state index in [-0.39, 0.29) is 18.4 Å². The van der Waals surface area contributed by atoms with E-state index >= 15 is 0 Å². The summed E-state index contributed by atoms with van der Waals surface area (Å²) in [7, 11) is 0. The van der Waals surface area contributed by atoms with Gasteiger partial charge in [-0.15, -0.1) is 0 Å². The van der Waals surface area contributed by atoms with Gasteiger partial charge in [0.1, 0.15) is 11.5 Å². The summed E-state index contributed by atoms with van der Waals surface area (Å²) in [6, 6.07) is 14.6. The number of anilines is 2. The maximum Gasteiger partial charge on any atom is 0.263 e.